The second-order valence-corrected chi connectivity index (χ2v) is 12.3. The summed E-state index contributed by atoms with van der Waals surface area (Å²) in [4.78, 5) is 63.0. The van der Waals surface area contributed by atoms with E-state index < -0.39 is 12.0 Å². The Labute approximate surface area is 272 Å². The SMILES string of the molecule is CCOC(=O)CN(CCc1c[nH]c2ccc(OC)cc12)C(=O)CC1C(=O)N(CCc2ccccc2)CC(=O)N1CCc1cccs1. The van der Waals surface area contributed by atoms with Crippen molar-refractivity contribution in [2.75, 3.05) is 46.4 Å². The maximum Gasteiger partial charge on any atom is 0.325 e. The predicted molar refractivity (Wildman–Crippen MR) is 177 cm³/mol. The lowest BCUT2D eigenvalue weighted by molar-refractivity contribution is -0.158. The van der Waals surface area contributed by atoms with Crippen LogP contribution < -0.4 is 4.74 Å². The largest absolute Gasteiger partial charge is 0.497 e. The summed E-state index contributed by atoms with van der Waals surface area (Å²) < 4.78 is 10.6. The van der Waals surface area contributed by atoms with Crippen molar-refractivity contribution >= 4 is 45.9 Å². The summed E-state index contributed by atoms with van der Waals surface area (Å²) in [6.45, 7) is 2.54. The Morgan fingerprint density at radius 3 is 2.59 bits per heavy atom. The third-order valence-electron chi connectivity index (χ3n) is 8.28. The number of H-pyrrole nitrogens is 1. The third kappa shape index (κ3) is 8.14. The van der Waals surface area contributed by atoms with Crippen molar-refractivity contribution in [3.8, 4) is 5.75 Å². The van der Waals surface area contributed by atoms with Gasteiger partial charge >= 0.3 is 5.97 Å². The van der Waals surface area contributed by atoms with Crippen LogP contribution >= 0.6 is 11.3 Å². The Bertz CT molecular complexity index is 1640. The standard InChI is InChI=1S/C35H40N4O6S/c1-3-45-34(42)24-37(17-14-26-22-36-30-12-11-27(44-2)20-29(26)30)32(40)21-31-35(43)38(16-13-25-8-5-4-6-9-25)23-33(41)39(31)18-15-28-10-7-19-46-28/h4-12,19-20,22,31,36H,3,13-18,21,23-24H2,1-2H3. The maximum absolute atomic E-state index is 14.0. The Hall–Kier alpha value is -4.64. The number of piperazine rings is 1. The van der Waals surface area contributed by atoms with E-state index >= 15 is 0 Å². The molecule has 1 aliphatic heterocycles. The first kappa shape index (κ1) is 32.7. The van der Waals surface area contributed by atoms with E-state index in [1.54, 1.807) is 35.2 Å². The van der Waals surface area contributed by atoms with Gasteiger partial charge in [0.05, 0.1) is 26.7 Å². The molecule has 1 unspecified atom stereocenters. The first-order valence-electron chi connectivity index (χ1n) is 15.6. The van der Waals surface area contributed by atoms with Gasteiger partial charge in [0.15, 0.2) is 0 Å². The van der Waals surface area contributed by atoms with Crippen molar-refractivity contribution in [2.24, 2.45) is 0 Å². The lowest BCUT2D eigenvalue weighted by Gasteiger charge is -2.40. The Morgan fingerprint density at radius 2 is 1.85 bits per heavy atom. The zero-order chi connectivity index (χ0) is 32.5. The predicted octanol–water partition coefficient (Wildman–Crippen LogP) is 4.09. The fourth-order valence-corrected chi connectivity index (χ4v) is 6.51. The number of thiophene rings is 1. The van der Waals surface area contributed by atoms with Crippen LogP contribution in [0.15, 0.2) is 72.2 Å². The number of fused-ring (bicyclic) bond motifs is 1. The number of hydrogen-bond donors (Lipinski definition) is 1. The summed E-state index contributed by atoms with van der Waals surface area (Å²) in [5.41, 5.74) is 2.96. The number of nitrogens with one attached hydrogen (secondary N) is 1. The number of esters is 1. The number of amides is 3. The first-order chi connectivity index (χ1) is 22.4. The van der Waals surface area contributed by atoms with E-state index in [2.05, 4.69) is 4.98 Å². The van der Waals surface area contributed by atoms with E-state index in [9.17, 15) is 19.2 Å². The maximum atomic E-state index is 14.0. The molecule has 0 bridgehead atoms. The fourth-order valence-electron chi connectivity index (χ4n) is 5.81. The molecular weight excluding hydrogens is 604 g/mol. The molecule has 2 aromatic carbocycles. The number of benzene rings is 2. The molecule has 0 spiro atoms. The van der Waals surface area contributed by atoms with Crippen LogP contribution in [0.5, 0.6) is 5.75 Å². The van der Waals surface area contributed by atoms with Crippen molar-refractivity contribution in [2.45, 2.75) is 38.6 Å². The van der Waals surface area contributed by atoms with Gasteiger partial charge in [0.1, 0.15) is 18.3 Å². The van der Waals surface area contributed by atoms with E-state index in [-0.39, 0.29) is 50.4 Å². The van der Waals surface area contributed by atoms with E-state index in [1.165, 1.54) is 4.90 Å². The van der Waals surface area contributed by atoms with Gasteiger partial charge in [-0.1, -0.05) is 36.4 Å². The van der Waals surface area contributed by atoms with Crippen LogP contribution in [0.4, 0.5) is 0 Å². The average molecular weight is 645 g/mol. The summed E-state index contributed by atoms with van der Waals surface area (Å²) >= 11 is 1.59. The van der Waals surface area contributed by atoms with Gasteiger partial charge in [0.2, 0.25) is 17.7 Å². The minimum Gasteiger partial charge on any atom is -0.497 e. The van der Waals surface area contributed by atoms with Gasteiger partial charge < -0.3 is 29.2 Å². The van der Waals surface area contributed by atoms with Crippen LogP contribution in [-0.2, 0) is 43.2 Å². The van der Waals surface area contributed by atoms with Crippen LogP contribution in [0.1, 0.15) is 29.3 Å². The molecule has 5 rings (SSSR count). The Balaban J connectivity index is 1.35. The molecule has 3 heterocycles. The quantitative estimate of drug-likeness (QED) is 0.195. The van der Waals surface area contributed by atoms with Crippen LogP contribution in [0.2, 0.25) is 0 Å². The molecule has 4 aromatic rings. The third-order valence-corrected chi connectivity index (χ3v) is 9.22. The Morgan fingerprint density at radius 1 is 1.02 bits per heavy atom. The number of ether oxygens (including phenoxy) is 2. The highest BCUT2D eigenvalue weighted by atomic mass is 32.1. The van der Waals surface area contributed by atoms with Gasteiger partial charge in [-0.25, -0.2) is 0 Å². The van der Waals surface area contributed by atoms with Gasteiger partial charge in [0, 0.05) is 41.6 Å². The van der Waals surface area contributed by atoms with Crippen LogP contribution in [0.3, 0.4) is 0 Å². The molecule has 1 fully saturated rings. The first-order valence-corrected chi connectivity index (χ1v) is 16.5. The lowest BCUT2D eigenvalue weighted by Crippen LogP contribution is -2.61. The number of hydrogen-bond acceptors (Lipinski definition) is 7. The highest BCUT2D eigenvalue weighted by molar-refractivity contribution is 7.09. The second kappa shape index (κ2) is 15.6. The summed E-state index contributed by atoms with van der Waals surface area (Å²) in [5, 5.41) is 2.94. The van der Waals surface area contributed by atoms with Gasteiger partial charge in [-0.05, 0) is 67.0 Å². The van der Waals surface area contributed by atoms with Crippen molar-refractivity contribution in [1.29, 1.82) is 0 Å². The molecule has 242 valence electrons. The molecule has 1 saturated heterocycles. The van der Waals surface area contributed by atoms with E-state index in [1.807, 2.05) is 72.2 Å². The average Bonchev–Trinajstić information content (AvgIpc) is 3.74. The van der Waals surface area contributed by atoms with E-state index in [0.717, 1.165) is 26.9 Å². The molecule has 0 saturated carbocycles. The minimum atomic E-state index is -0.966. The number of nitrogens with zero attached hydrogens (tertiary/aromatic N) is 3. The molecule has 46 heavy (non-hydrogen) atoms. The van der Waals surface area contributed by atoms with Gasteiger partial charge in [-0.2, -0.15) is 0 Å². The number of rotatable bonds is 15. The van der Waals surface area contributed by atoms with Crippen LogP contribution in [0.25, 0.3) is 10.9 Å². The molecule has 11 heteroatoms. The van der Waals surface area contributed by atoms with Crippen LogP contribution in [0, 0.1) is 0 Å². The zero-order valence-corrected chi connectivity index (χ0v) is 27.1. The normalized spacial score (nSPS) is 15.0. The van der Waals surface area contributed by atoms with Crippen molar-refractivity contribution < 1.29 is 28.7 Å². The van der Waals surface area contributed by atoms with Gasteiger partial charge in [-0.15, -0.1) is 11.3 Å². The van der Waals surface area contributed by atoms with Crippen LogP contribution in [-0.4, -0.2) is 95.9 Å². The van der Waals surface area contributed by atoms with Crippen molar-refractivity contribution in [1.82, 2.24) is 19.7 Å². The minimum absolute atomic E-state index is 0.0304. The fraction of sp³-hybridized carbons (Fsp3) is 0.371. The monoisotopic (exact) mass is 644 g/mol. The zero-order valence-electron chi connectivity index (χ0n) is 26.3. The van der Waals surface area contributed by atoms with E-state index in [0.29, 0.717) is 38.1 Å². The number of methoxy groups -OCH3 is 1. The summed E-state index contributed by atoms with van der Waals surface area (Å²) in [6, 6.07) is 18.5. The number of aromatic amines is 1. The highest BCUT2D eigenvalue weighted by Crippen LogP contribution is 2.25. The molecule has 1 aliphatic rings. The molecule has 2 aromatic heterocycles. The molecule has 1 atom stereocenters. The molecule has 1 N–H and O–H groups in total. The molecule has 0 radical (unpaired) electrons. The van der Waals surface area contributed by atoms with Gasteiger partial charge in [0.25, 0.3) is 0 Å². The summed E-state index contributed by atoms with van der Waals surface area (Å²) in [6.07, 6.45) is 3.30. The van der Waals surface area contributed by atoms with Crippen molar-refractivity contribution in [3.63, 3.8) is 0 Å². The number of aromatic nitrogens is 1. The topological polar surface area (TPSA) is 112 Å². The molecule has 10 nitrogen and oxygen atoms in total. The summed E-state index contributed by atoms with van der Waals surface area (Å²) in [5.74, 6) is -0.640. The molecule has 0 aliphatic carbocycles. The van der Waals surface area contributed by atoms with E-state index in [4.69, 9.17) is 9.47 Å². The number of carbonyl (C=O) groups excluding carboxylic acids is 4. The smallest absolute Gasteiger partial charge is 0.325 e. The van der Waals surface area contributed by atoms with Crippen molar-refractivity contribution in [3.05, 3.63) is 88.2 Å². The highest BCUT2D eigenvalue weighted by Gasteiger charge is 2.41. The Kier molecular flexibility index (Phi) is 11.1. The lowest BCUT2D eigenvalue weighted by atomic mass is 10.0. The molecule has 3 amide bonds. The number of carbonyl (C=O) groups is 4. The van der Waals surface area contributed by atoms with Gasteiger partial charge in [-0.3, -0.25) is 19.2 Å². The summed E-state index contributed by atoms with van der Waals surface area (Å²) in [7, 11) is 1.61. The second-order valence-electron chi connectivity index (χ2n) is 11.2. The molecular formula is C35H40N4O6S.